The summed E-state index contributed by atoms with van der Waals surface area (Å²) in [6.45, 7) is 1.87. The summed E-state index contributed by atoms with van der Waals surface area (Å²) in [5.41, 5.74) is 2.04. The molecule has 0 fully saturated rings. The van der Waals surface area contributed by atoms with Crippen LogP contribution in [0.25, 0.3) is 6.08 Å². The summed E-state index contributed by atoms with van der Waals surface area (Å²) in [4.78, 5) is 12.2. The molecule has 3 nitrogen and oxygen atoms in total. The van der Waals surface area contributed by atoms with Gasteiger partial charge in [-0.3, -0.25) is 4.79 Å². The molecule has 0 saturated carbocycles. The summed E-state index contributed by atoms with van der Waals surface area (Å²) in [6.07, 6.45) is 1.42. The SMILES string of the molecule is Cc1ccccc1NC(=O)/C(C#N)=C/c1cccc(Cl)c1Cl. The number of hydrogen-bond acceptors (Lipinski definition) is 2. The van der Waals surface area contributed by atoms with Gasteiger partial charge >= 0.3 is 0 Å². The summed E-state index contributed by atoms with van der Waals surface area (Å²) in [7, 11) is 0. The van der Waals surface area contributed by atoms with E-state index in [-0.39, 0.29) is 5.57 Å². The minimum absolute atomic E-state index is 0.0487. The zero-order valence-corrected chi connectivity index (χ0v) is 13.2. The Morgan fingerprint density at radius 3 is 2.59 bits per heavy atom. The Balaban J connectivity index is 2.30. The van der Waals surface area contributed by atoms with Crippen molar-refractivity contribution in [1.29, 1.82) is 5.26 Å². The number of hydrogen-bond donors (Lipinski definition) is 1. The van der Waals surface area contributed by atoms with E-state index in [1.54, 1.807) is 24.3 Å². The predicted molar refractivity (Wildman–Crippen MR) is 89.9 cm³/mol. The van der Waals surface area contributed by atoms with Gasteiger partial charge in [-0.15, -0.1) is 0 Å². The van der Waals surface area contributed by atoms with Crippen molar-refractivity contribution in [2.75, 3.05) is 5.32 Å². The molecule has 0 bridgehead atoms. The highest BCUT2D eigenvalue weighted by atomic mass is 35.5. The molecular weight excluding hydrogens is 319 g/mol. The van der Waals surface area contributed by atoms with Gasteiger partial charge in [0.05, 0.1) is 10.0 Å². The van der Waals surface area contributed by atoms with Crippen LogP contribution in [0, 0.1) is 18.3 Å². The zero-order valence-electron chi connectivity index (χ0n) is 11.7. The van der Waals surface area contributed by atoms with Crippen molar-refractivity contribution in [3.8, 4) is 6.07 Å². The fourth-order valence-corrected chi connectivity index (χ4v) is 2.20. The Kier molecular flexibility index (Phi) is 5.21. The summed E-state index contributed by atoms with van der Waals surface area (Å²) in [6, 6.07) is 14.2. The highest BCUT2D eigenvalue weighted by molar-refractivity contribution is 6.43. The normalized spacial score (nSPS) is 10.9. The van der Waals surface area contributed by atoms with E-state index in [4.69, 9.17) is 23.2 Å². The average molecular weight is 331 g/mol. The number of halogens is 2. The number of nitrogens with zero attached hydrogens (tertiary/aromatic N) is 1. The fourth-order valence-electron chi connectivity index (χ4n) is 1.84. The number of rotatable bonds is 3. The summed E-state index contributed by atoms with van der Waals surface area (Å²) in [5, 5.41) is 12.6. The largest absolute Gasteiger partial charge is 0.321 e. The van der Waals surface area contributed by atoms with E-state index < -0.39 is 5.91 Å². The second kappa shape index (κ2) is 7.13. The van der Waals surface area contributed by atoms with Crippen LogP contribution in [-0.2, 0) is 4.79 Å². The van der Waals surface area contributed by atoms with Crippen molar-refractivity contribution in [3.05, 3.63) is 69.2 Å². The molecule has 0 saturated heterocycles. The van der Waals surface area contributed by atoms with E-state index in [0.29, 0.717) is 21.3 Å². The molecule has 2 aromatic carbocycles. The second-order valence-corrected chi connectivity index (χ2v) is 5.37. The molecule has 110 valence electrons. The molecule has 5 heteroatoms. The average Bonchev–Trinajstić information content (AvgIpc) is 2.51. The van der Waals surface area contributed by atoms with Gasteiger partial charge in [-0.1, -0.05) is 53.5 Å². The molecule has 1 amide bonds. The number of para-hydroxylation sites is 1. The van der Waals surface area contributed by atoms with E-state index >= 15 is 0 Å². The number of benzene rings is 2. The van der Waals surface area contributed by atoms with Gasteiger partial charge in [0, 0.05) is 5.69 Å². The molecule has 0 aliphatic rings. The maximum Gasteiger partial charge on any atom is 0.266 e. The standard InChI is InChI=1S/C17H12Cl2N2O/c1-11-5-2-3-8-15(11)21-17(22)13(10-20)9-12-6-4-7-14(18)16(12)19/h2-9H,1H3,(H,21,22)/b13-9+. The number of anilines is 1. The molecule has 2 aromatic rings. The Hall–Kier alpha value is -2.28. The summed E-state index contributed by atoms with van der Waals surface area (Å²) < 4.78 is 0. The number of carbonyl (C=O) groups is 1. The molecule has 0 unspecified atom stereocenters. The van der Waals surface area contributed by atoms with Gasteiger partial charge in [-0.25, -0.2) is 0 Å². The molecule has 1 N–H and O–H groups in total. The van der Waals surface area contributed by atoms with Crippen molar-refractivity contribution >= 4 is 40.9 Å². The van der Waals surface area contributed by atoms with Crippen LogP contribution in [0.4, 0.5) is 5.69 Å². The first kappa shape index (κ1) is 16.1. The lowest BCUT2D eigenvalue weighted by molar-refractivity contribution is -0.112. The highest BCUT2D eigenvalue weighted by Gasteiger charge is 2.12. The van der Waals surface area contributed by atoms with E-state index in [2.05, 4.69) is 5.32 Å². The Labute approximate surface area is 138 Å². The first-order valence-electron chi connectivity index (χ1n) is 6.45. The van der Waals surface area contributed by atoms with Gasteiger partial charge in [0.2, 0.25) is 0 Å². The van der Waals surface area contributed by atoms with Gasteiger partial charge in [0.1, 0.15) is 11.6 Å². The number of nitriles is 1. The first-order valence-corrected chi connectivity index (χ1v) is 7.21. The molecule has 2 rings (SSSR count). The quantitative estimate of drug-likeness (QED) is 0.646. The van der Waals surface area contributed by atoms with E-state index in [1.165, 1.54) is 6.08 Å². The molecule has 0 atom stereocenters. The Morgan fingerprint density at radius 2 is 1.91 bits per heavy atom. The molecule has 0 aliphatic heterocycles. The van der Waals surface area contributed by atoms with Gasteiger partial charge in [0.15, 0.2) is 0 Å². The summed E-state index contributed by atoms with van der Waals surface area (Å²) >= 11 is 12.0. The third kappa shape index (κ3) is 3.67. The monoisotopic (exact) mass is 330 g/mol. The van der Waals surface area contributed by atoms with Crippen LogP contribution in [0.2, 0.25) is 10.0 Å². The van der Waals surface area contributed by atoms with Crippen LogP contribution in [0.3, 0.4) is 0 Å². The minimum atomic E-state index is -0.493. The van der Waals surface area contributed by atoms with Crippen LogP contribution in [0.1, 0.15) is 11.1 Å². The maximum atomic E-state index is 12.2. The first-order chi connectivity index (χ1) is 10.5. The van der Waals surface area contributed by atoms with Gasteiger partial charge in [-0.2, -0.15) is 5.26 Å². The Morgan fingerprint density at radius 1 is 1.18 bits per heavy atom. The van der Waals surface area contributed by atoms with Crippen LogP contribution >= 0.6 is 23.2 Å². The molecule has 0 radical (unpaired) electrons. The molecule has 0 heterocycles. The van der Waals surface area contributed by atoms with Crippen LogP contribution in [-0.4, -0.2) is 5.91 Å². The highest BCUT2D eigenvalue weighted by Crippen LogP contribution is 2.27. The maximum absolute atomic E-state index is 12.2. The Bertz CT molecular complexity index is 791. The number of carbonyl (C=O) groups excluding carboxylic acids is 1. The van der Waals surface area contributed by atoms with E-state index in [0.717, 1.165) is 5.56 Å². The lowest BCUT2D eigenvalue weighted by Crippen LogP contribution is -2.14. The third-order valence-corrected chi connectivity index (χ3v) is 3.87. The van der Waals surface area contributed by atoms with Gasteiger partial charge in [0.25, 0.3) is 5.91 Å². The molecular formula is C17H12Cl2N2O. The molecule has 0 spiro atoms. The van der Waals surface area contributed by atoms with Crippen molar-refractivity contribution in [3.63, 3.8) is 0 Å². The van der Waals surface area contributed by atoms with Crippen molar-refractivity contribution in [1.82, 2.24) is 0 Å². The predicted octanol–water partition coefficient (Wildman–Crippen LogP) is 4.85. The lowest BCUT2D eigenvalue weighted by atomic mass is 10.1. The van der Waals surface area contributed by atoms with E-state index in [9.17, 15) is 10.1 Å². The van der Waals surface area contributed by atoms with Gasteiger partial charge in [-0.05, 0) is 36.3 Å². The van der Waals surface area contributed by atoms with Crippen LogP contribution < -0.4 is 5.32 Å². The number of aryl methyl sites for hydroxylation is 1. The molecule has 0 aromatic heterocycles. The number of amides is 1. The fraction of sp³-hybridized carbons (Fsp3) is 0.0588. The zero-order chi connectivity index (χ0) is 16.1. The third-order valence-electron chi connectivity index (χ3n) is 3.04. The van der Waals surface area contributed by atoms with E-state index in [1.807, 2.05) is 31.2 Å². The van der Waals surface area contributed by atoms with Crippen LogP contribution in [0.5, 0.6) is 0 Å². The topological polar surface area (TPSA) is 52.9 Å². The van der Waals surface area contributed by atoms with Gasteiger partial charge < -0.3 is 5.32 Å². The number of nitrogens with one attached hydrogen (secondary N) is 1. The van der Waals surface area contributed by atoms with Crippen molar-refractivity contribution in [2.24, 2.45) is 0 Å². The van der Waals surface area contributed by atoms with Crippen molar-refractivity contribution in [2.45, 2.75) is 6.92 Å². The van der Waals surface area contributed by atoms with Crippen LogP contribution in [0.15, 0.2) is 48.0 Å². The molecule has 22 heavy (non-hydrogen) atoms. The van der Waals surface area contributed by atoms with Crippen molar-refractivity contribution < 1.29 is 4.79 Å². The molecule has 0 aliphatic carbocycles. The summed E-state index contributed by atoms with van der Waals surface area (Å²) in [5.74, 6) is -0.493. The smallest absolute Gasteiger partial charge is 0.266 e. The second-order valence-electron chi connectivity index (χ2n) is 4.58. The minimum Gasteiger partial charge on any atom is -0.321 e. The lowest BCUT2D eigenvalue weighted by Gasteiger charge is -2.07.